The fraction of sp³-hybridized carbons (Fsp3) is 0.278. The summed E-state index contributed by atoms with van der Waals surface area (Å²) in [5.74, 6) is 1.54. The van der Waals surface area contributed by atoms with Crippen LogP contribution in [0, 0.1) is 6.92 Å². The molecule has 1 fully saturated rings. The number of aromatic nitrogens is 2. The highest BCUT2D eigenvalue weighted by Gasteiger charge is 2.29. The standard InChI is InChI=1S/C18H17N3O2S/c1-11-9-14(24-16(11)12-5-3-2-4-6-12)17(22)19-10-15-20-18(23-21-15)13-7-8-13/h2-6,9,13H,7-8,10H2,1H3,(H,19,22). The molecule has 24 heavy (non-hydrogen) atoms. The van der Waals surface area contributed by atoms with E-state index in [1.807, 2.05) is 31.2 Å². The third-order valence-corrected chi connectivity index (χ3v) is 5.28. The van der Waals surface area contributed by atoms with Crippen LogP contribution in [0.4, 0.5) is 0 Å². The predicted molar refractivity (Wildman–Crippen MR) is 91.9 cm³/mol. The van der Waals surface area contributed by atoms with E-state index in [0.717, 1.165) is 28.8 Å². The molecule has 122 valence electrons. The van der Waals surface area contributed by atoms with Crippen LogP contribution in [0.25, 0.3) is 10.4 Å². The summed E-state index contributed by atoms with van der Waals surface area (Å²) in [4.78, 5) is 18.5. The molecule has 1 saturated carbocycles. The topological polar surface area (TPSA) is 68.0 Å². The van der Waals surface area contributed by atoms with Crippen LogP contribution in [0.5, 0.6) is 0 Å². The molecule has 0 spiro atoms. The summed E-state index contributed by atoms with van der Waals surface area (Å²) in [5, 5.41) is 6.78. The van der Waals surface area contributed by atoms with Gasteiger partial charge in [0.25, 0.3) is 5.91 Å². The molecule has 3 aromatic rings. The zero-order chi connectivity index (χ0) is 16.5. The fourth-order valence-electron chi connectivity index (χ4n) is 2.55. The Morgan fingerprint density at radius 3 is 2.88 bits per heavy atom. The SMILES string of the molecule is Cc1cc(C(=O)NCc2noc(C3CC3)n2)sc1-c1ccccc1. The molecular formula is C18H17N3O2S. The van der Waals surface area contributed by atoms with Crippen LogP contribution in [0.1, 0.15) is 45.7 Å². The van der Waals surface area contributed by atoms with E-state index in [1.165, 1.54) is 11.3 Å². The molecule has 1 amide bonds. The molecule has 0 bridgehead atoms. The van der Waals surface area contributed by atoms with E-state index in [9.17, 15) is 4.79 Å². The van der Waals surface area contributed by atoms with Crippen LogP contribution < -0.4 is 5.32 Å². The average Bonchev–Trinajstić information content (AvgIpc) is 3.22. The van der Waals surface area contributed by atoms with Crippen molar-refractivity contribution in [1.29, 1.82) is 0 Å². The summed E-state index contributed by atoms with van der Waals surface area (Å²) < 4.78 is 5.20. The molecule has 2 aromatic heterocycles. The molecule has 4 rings (SSSR count). The lowest BCUT2D eigenvalue weighted by Crippen LogP contribution is -2.22. The van der Waals surface area contributed by atoms with Gasteiger partial charge in [0.2, 0.25) is 5.89 Å². The second-order valence-electron chi connectivity index (χ2n) is 5.99. The first-order chi connectivity index (χ1) is 11.7. The quantitative estimate of drug-likeness (QED) is 0.765. The highest BCUT2D eigenvalue weighted by molar-refractivity contribution is 7.17. The number of aryl methyl sites for hydroxylation is 1. The summed E-state index contributed by atoms with van der Waals surface area (Å²) in [6.45, 7) is 2.31. The van der Waals surface area contributed by atoms with Gasteiger partial charge < -0.3 is 9.84 Å². The molecule has 0 radical (unpaired) electrons. The molecule has 1 aliphatic carbocycles. The number of carbonyl (C=O) groups is 1. The van der Waals surface area contributed by atoms with E-state index in [-0.39, 0.29) is 12.5 Å². The number of amides is 1. The average molecular weight is 339 g/mol. The van der Waals surface area contributed by atoms with Crippen LogP contribution in [-0.2, 0) is 6.54 Å². The Hall–Kier alpha value is -2.47. The van der Waals surface area contributed by atoms with Gasteiger partial charge in [0.05, 0.1) is 11.4 Å². The van der Waals surface area contributed by atoms with E-state index in [4.69, 9.17) is 4.52 Å². The van der Waals surface area contributed by atoms with Crippen molar-refractivity contribution in [1.82, 2.24) is 15.5 Å². The lowest BCUT2D eigenvalue weighted by Gasteiger charge is -1.99. The third kappa shape index (κ3) is 3.10. The molecule has 5 nitrogen and oxygen atoms in total. The summed E-state index contributed by atoms with van der Waals surface area (Å²) in [5.41, 5.74) is 2.23. The maximum absolute atomic E-state index is 12.4. The highest BCUT2D eigenvalue weighted by Crippen LogP contribution is 2.38. The van der Waals surface area contributed by atoms with Crippen LogP contribution >= 0.6 is 11.3 Å². The number of carbonyl (C=O) groups excluding carboxylic acids is 1. The molecule has 1 N–H and O–H groups in total. The third-order valence-electron chi connectivity index (χ3n) is 3.99. The van der Waals surface area contributed by atoms with Crippen molar-refractivity contribution in [3.63, 3.8) is 0 Å². The van der Waals surface area contributed by atoms with Crippen molar-refractivity contribution >= 4 is 17.2 Å². The second-order valence-corrected chi connectivity index (χ2v) is 7.05. The van der Waals surface area contributed by atoms with Gasteiger partial charge in [-0.25, -0.2) is 0 Å². The maximum Gasteiger partial charge on any atom is 0.261 e. The molecule has 0 atom stereocenters. The smallest absolute Gasteiger partial charge is 0.261 e. The van der Waals surface area contributed by atoms with E-state index < -0.39 is 0 Å². The summed E-state index contributed by atoms with van der Waals surface area (Å²) in [7, 11) is 0. The van der Waals surface area contributed by atoms with Gasteiger partial charge in [-0.15, -0.1) is 11.3 Å². The summed E-state index contributed by atoms with van der Waals surface area (Å²) in [6, 6.07) is 12.0. The Bertz CT molecular complexity index is 866. The lowest BCUT2D eigenvalue weighted by molar-refractivity contribution is 0.0953. The first-order valence-corrected chi connectivity index (χ1v) is 8.79. The molecule has 0 aliphatic heterocycles. The molecule has 0 saturated heterocycles. The Balaban J connectivity index is 1.44. The van der Waals surface area contributed by atoms with Gasteiger partial charge in [-0.1, -0.05) is 35.5 Å². The number of rotatable bonds is 5. The maximum atomic E-state index is 12.4. The Kier molecular flexibility index (Phi) is 3.90. The van der Waals surface area contributed by atoms with Crippen LogP contribution in [0.15, 0.2) is 40.9 Å². The van der Waals surface area contributed by atoms with Gasteiger partial charge in [-0.3, -0.25) is 4.79 Å². The van der Waals surface area contributed by atoms with E-state index in [1.54, 1.807) is 0 Å². The number of hydrogen-bond acceptors (Lipinski definition) is 5. The predicted octanol–water partition coefficient (Wildman–Crippen LogP) is 3.91. The van der Waals surface area contributed by atoms with Crippen LogP contribution in [0.3, 0.4) is 0 Å². The largest absolute Gasteiger partial charge is 0.344 e. The molecule has 0 unspecified atom stereocenters. The first kappa shape index (κ1) is 15.1. The van der Waals surface area contributed by atoms with E-state index in [2.05, 4.69) is 27.6 Å². The van der Waals surface area contributed by atoms with Crippen molar-refractivity contribution in [3.05, 3.63) is 58.6 Å². The van der Waals surface area contributed by atoms with Crippen molar-refractivity contribution in [2.45, 2.75) is 32.2 Å². The Morgan fingerprint density at radius 2 is 2.12 bits per heavy atom. The van der Waals surface area contributed by atoms with Crippen LogP contribution in [0.2, 0.25) is 0 Å². The van der Waals surface area contributed by atoms with Crippen LogP contribution in [-0.4, -0.2) is 16.0 Å². The molecule has 6 heteroatoms. The van der Waals surface area contributed by atoms with Gasteiger partial charge in [-0.2, -0.15) is 4.98 Å². The van der Waals surface area contributed by atoms with Crippen molar-refractivity contribution in [2.24, 2.45) is 0 Å². The Labute approximate surface area is 143 Å². The normalized spacial score (nSPS) is 13.9. The first-order valence-electron chi connectivity index (χ1n) is 7.97. The van der Waals surface area contributed by atoms with E-state index >= 15 is 0 Å². The zero-order valence-corrected chi connectivity index (χ0v) is 14.1. The number of benzene rings is 1. The summed E-state index contributed by atoms with van der Waals surface area (Å²) in [6.07, 6.45) is 2.23. The summed E-state index contributed by atoms with van der Waals surface area (Å²) >= 11 is 1.50. The minimum absolute atomic E-state index is 0.108. The van der Waals surface area contributed by atoms with E-state index in [0.29, 0.717) is 22.5 Å². The minimum atomic E-state index is -0.108. The van der Waals surface area contributed by atoms with Gasteiger partial charge >= 0.3 is 0 Å². The van der Waals surface area contributed by atoms with Gasteiger partial charge in [-0.05, 0) is 37.0 Å². The minimum Gasteiger partial charge on any atom is -0.344 e. The molecule has 2 heterocycles. The highest BCUT2D eigenvalue weighted by atomic mass is 32.1. The number of hydrogen-bond donors (Lipinski definition) is 1. The van der Waals surface area contributed by atoms with Gasteiger partial charge in [0.15, 0.2) is 5.82 Å². The van der Waals surface area contributed by atoms with Gasteiger partial charge in [0.1, 0.15) is 0 Å². The number of nitrogens with one attached hydrogen (secondary N) is 1. The Morgan fingerprint density at radius 1 is 1.33 bits per heavy atom. The van der Waals surface area contributed by atoms with Gasteiger partial charge in [0, 0.05) is 10.8 Å². The second kappa shape index (κ2) is 6.20. The lowest BCUT2D eigenvalue weighted by atomic mass is 10.1. The number of nitrogens with zero attached hydrogens (tertiary/aromatic N) is 2. The van der Waals surface area contributed by atoms with Crippen molar-refractivity contribution < 1.29 is 9.32 Å². The molecule has 1 aliphatic rings. The van der Waals surface area contributed by atoms with Crippen molar-refractivity contribution in [3.8, 4) is 10.4 Å². The molecule has 1 aromatic carbocycles. The van der Waals surface area contributed by atoms with Crippen molar-refractivity contribution in [2.75, 3.05) is 0 Å². The monoisotopic (exact) mass is 339 g/mol. The fourth-order valence-corrected chi connectivity index (χ4v) is 3.65. The number of thiophene rings is 1. The zero-order valence-electron chi connectivity index (χ0n) is 13.3. The molecular weight excluding hydrogens is 322 g/mol.